The first-order chi connectivity index (χ1) is 8.77. The number of hydrogen-bond acceptors (Lipinski definition) is 6. The number of aromatic nitrogens is 3. The van der Waals surface area contributed by atoms with Crippen LogP contribution in [0.4, 0.5) is 5.82 Å². The van der Waals surface area contributed by atoms with Gasteiger partial charge in [0.15, 0.2) is 0 Å². The molecule has 2 aromatic rings. The molecule has 6 heteroatoms. The number of methoxy groups -OCH3 is 1. The third-order valence-corrected chi connectivity index (χ3v) is 2.46. The molecule has 0 atom stereocenters. The summed E-state index contributed by atoms with van der Waals surface area (Å²) < 4.78 is 5.18. The predicted molar refractivity (Wildman–Crippen MR) is 68.3 cm³/mol. The summed E-state index contributed by atoms with van der Waals surface area (Å²) in [5.74, 6) is 0.930. The van der Waals surface area contributed by atoms with Gasteiger partial charge >= 0.3 is 0 Å². The van der Waals surface area contributed by atoms with Gasteiger partial charge in [0.2, 0.25) is 5.88 Å². The molecule has 0 aliphatic heterocycles. The van der Waals surface area contributed by atoms with Crippen LogP contribution in [0.15, 0.2) is 30.9 Å². The molecule has 2 rings (SSSR count). The van der Waals surface area contributed by atoms with E-state index in [9.17, 15) is 0 Å². The number of pyridine rings is 1. The molecule has 0 saturated carbocycles. The second kappa shape index (κ2) is 5.22. The Bertz CT molecular complexity index is 533. The standard InChI is InChI=1S/C12H13N5O/c1-14-11-9(12(18-2)17-7-16-11)10(13)8-3-5-15-6-4-8/h3-7,13H,1-2H3,(H,14,16,17). The normalized spacial score (nSPS) is 9.89. The molecular weight excluding hydrogens is 230 g/mol. The van der Waals surface area contributed by atoms with E-state index in [-0.39, 0.29) is 0 Å². The SMILES string of the molecule is CNc1ncnc(OC)c1C(=N)c1ccncc1. The van der Waals surface area contributed by atoms with E-state index in [1.54, 1.807) is 31.6 Å². The third-order valence-electron chi connectivity index (χ3n) is 2.46. The fourth-order valence-corrected chi connectivity index (χ4v) is 1.60. The zero-order chi connectivity index (χ0) is 13.0. The molecule has 0 spiro atoms. The maximum atomic E-state index is 8.23. The average molecular weight is 243 g/mol. The summed E-state index contributed by atoms with van der Waals surface area (Å²) in [5.41, 5.74) is 1.56. The molecule has 2 N–H and O–H groups in total. The van der Waals surface area contributed by atoms with Crippen LogP contribution in [0, 0.1) is 5.41 Å². The van der Waals surface area contributed by atoms with Gasteiger partial charge in [0.05, 0.1) is 12.8 Å². The van der Waals surface area contributed by atoms with Crippen LogP contribution in [0.25, 0.3) is 0 Å². The van der Waals surface area contributed by atoms with E-state index in [2.05, 4.69) is 20.3 Å². The van der Waals surface area contributed by atoms with Crippen molar-refractivity contribution < 1.29 is 4.74 Å². The molecule has 0 saturated heterocycles. The molecule has 18 heavy (non-hydrogen) atoms. The maximum absolute atomic E-state index is 8.23. The Morgan fingerprint density at radius 1 is 1.28 bits per heavy atom. The van der Waals surface area contributed by atoms with Gasteiger partial charge in [-0.2, -0.15) is 0 Å². The van der Waals surface area contributed by atoms with Crippen LogP contribution in [-0.2, 0) is 0 Å². The molecule has 0 radical (unpaired) electrons. The molecule has 0 aromatic carbocycles. The number of ether oxygens (including phenoxy) is 1. The molecule has 2 heterocycles. The lowest BCUT2D eigenvalue weighted by Gasteiger charge is -2.12. The lowest BCUT2D eigenvalue weighted by molar-refractivity contribution is 0.396. The first-order valence-corrected chi connectivity index (χ1v) is 5.34. The van der Waals surface area contributed by atoms with E-state index in [1.807, 2.05) is 0 Å². The van der Waals surface area contributed by atoms with Crippen molar-refractivity contribution in [2.45, 2.75) is 0 Å². The lowest BCUT2D eigenvalue weighted by atomic mass is 10.1. The average Bonchev–Trinajstić information content (AvgIpc) is 2.46. The molecule has 2 aromatic heterocycles. The minimum atomic E-state index is 0.291. The lowest BCUT2D eigenvalue weighted by Crippen LogP contribution is -2.10. The highest BCUT2D eigenvalue weighted by atomic mass is 16.5. The topological polar surface area (TPSA) is 83.8 Å². The van der Waals surface area contributed by atoms with Gasteiger partial charge in [-0.3, -0.25) is 10.4 Å². The molecule has 0 aliphatic carbocycles. The molecule has 0 unspecified atom stereocenters. The Kier molecular flexibility index (Phi) is 3.47. The molecule has 0 fully saturated rings. The predicted octanol–water partition coefficient (Wildman–Crippen LogP) is 1.34. The highest BCUT2D eigenvalue weighted by Gasteiger charge is 2.17. The molecule has 0 amide bonds. The van der Waals surface area contributed by atoms with E-state index >= 15 is 0 Å². The highest BCUT2D eigenvalue weighted by Crippen LogP contribution is 2.24. The first-order valence-electron chi connectivity index (χ1n) is 5.34. The summed E-state index contributed by atoms with van der Waals surface area (Å²) in [5, 5.41) is 11.2. The second-order valence-corrected chi connectivity index (χ2v) is 3.47. The van der Waals surface area contributed by atoms with Crippen molar-refractivity contribution in [3.05, 3.63) is 42.0 Å². The van der Waals surface area contributed by atoms with E-state index in [0.717, 1.165) is 5.56 Å². The van der Waals surface area contributed by atoms with E-state index in [4.69, 9.17) is 10.1 Å². The van der Waals surface area contributed by atoms with Crippen molar-refractivity contribution >= 4 is 11.5 Å². The van der Waals surface area contributed by atoms with Gasteiger partial charge in [-0.1, -0.05) is 0 Å². The number of anilines is 1. The third kappa shape index (κ3) is 2.13. The van der Waals surface area contributed by atoms with Crippen molar-refractivity contribution in [1.29, 1.82) is 5.41 Å². The van der Waals surface area contributed by atoms with Crippen molar-refractivity contribution in [3.8, 4) is 5.88 Å². The summed E-state index contributed by atoms with van der Waals surface area (Å²) in [6.45, 7) is 0. The van der Waals surface area contributed by atoms with Crippen LogP contribution in [0.3, 0.4) is 0 Å². The van der Waals surface area contributed by atoms with Crippen LogP contribution < -0.4 is 10.1 Å². The fourth-order valence-electron chi connectivity index (χ4n) is 1.60. The molecule has 0 aliphatic rings. The Morgan fingerprint density at radius 2 is 2.00 bits per heavy atom. The summed E-state index contributed by atoms with van der Waals surface area (Å²) in [4.78, 5) is 12.0. The Balaban J connectivity index is 2.53. The van der Waals surface area contributed by atoms with Crippen LogP contribution in [0.2, 0.25) is 0 Å². The van der Waals surface area contributed by atoms with Gasteiger partial charge in [-0.05, 0) is 12.1 Å². The summed E-state index contributed by atoms with van der Waals surface area (Å²) in [6.07, 6.45) is 4.67. The highest BCUT2D eigenvalue weighted by molar-refractivity contribution is 6.14. The van der Waals surface area contributed by atoms with Gasteiger partial charge < -0.3 is 10.1 Å². The van der Waals surface area contributed by atoms with Crippen molar-refractivity contribution in [3.63, 3.8) is 0 Å². The number of rotatable bonds is 4. The van der Waals surface area contributed by atoms with Gasteiger partial charge in [0.1, 0.15) is 17.7 Å². The van der Waals surface area contributed by atoms with Crippen molar-refractivity contribution in [1.82, 2.24) is 15.0 Å². The van der Waals surface area contributed by atoms with Gasteiger partial charge in [0, 0.05) is 25.0 Å². The molecule has 6 nitrogen and oxygen atoms in total. The van der Waals surface area contributed by atoms with E-state index < -0.39 is 0 Å². The molecule has 0 bridgehead atoms. The zero-order valence-electron chi connectivity index (χ0n) is 10.1. The number of nitrogens with zero attached hydrogens (tertiary/aromatic N) is 3. The monoisotopic (exact) mass is 243 g/mol. The van der Waals surface area contributed by atoms with Crippen molar-refractivity contribution in [2.24, 2.45) is 0 Å². The van der Waals surface area contributed by atoms with E-state index in [0.29, 0.717) is 23.0 Å². The van der Waals surface area contributed by atoms with Crippen LogP contribution in [0.5, 0.6) is 5.88 Å². The van der Waals surface area contributed by atoms with Gasteiger partial charge in [-0.15, -0.1) is 0 Å². The van der Waals surface area contributed by atoms with Gasteiger partial charge in [-0.25, -0.2) is 9.97 Å². The minimum Gasteiger partial charge on any atom is -0.480 e. The zero-order valence-corrected chi connectivity index (χ0v) is 10.1. The van der Waals surface area contributed by atoms with Crippen LogP contribution in [0.1, 0.15) is 11.1 Å². The number of hydrogen-bond donors (Lipinski definition) is 2. The quantitative estimate of drug-likeness (QED) is 0.791. The number of nitrogens with one attached hydrogen (secondary N) is 2. The first kappa shape index (κ1) is 12.0. The second-order valence-electron chi connectivity index (χ2n) is 3.47. The summed E-state index contributed by atoms with van der Waals surface area (Å²) in [6, 6.07) is 3.52. The smallest absolute Gasteiger partial charge is 0.227 e. The Morgan fingerprint density at radius 3 is 2.61 bits per heavy atom. The Labute approximate surface area is 105 Å². The van der Waals surface area contributed by atoms with Crippen LogP contribution >= 0.6 is 0 Å². The Hall–Kier alpha value is -2.50. The largest absolute Gasteiger partial charge is 0.480 e. The molecule has 92 valence electrons. The summed E-state index contributed by atoms with van der Waals surface area (Å²) in [7, 11) is 3.26. The molecular formula is C12H13N5O. The van der Waals surface area contributed by atoms with E-state index in [1.165, 1.54) is 13.4 Å². The van der Waals surface area contributed by atoms with Gasteiger partial charge in [0.25, 0.3) is 0 Å². The van der Waals surface area contributed by atoms with Crippen LogP contribution in [-0.4, -0.2) is 34.8 Å². The minimum absolute atomic E-state index is 0.291. The summed E-state index contributed by atoms with van der Waals surface area (Å²) >= 11 is 0. The fraction of sp³-hybridized carbons (Fsp3) is 0.167. The maximum Gasteiger partial charge on any atom is 0.227 e. The van der Waals surface area contributed by atoms with Crippen molar-refractivity contribution in [2.75, 3.05) is 19.5 Å².